The lowest BCUT2D eigenvalue weighted by atomic mass is 10.2. The molecule has 146 valence electrons. The first-order valence-electron chi connectivity index (χ1n) is 7.29. The molecule has 1 N–H and O–H groups in total. The topological polar surface area (TPSA) is 91.8 Å². The summed E-state index contributed by atoms with van der Waals surface area (Å²) in [5, 5.41) is 2.92. The van der Waals surface area contributed by atoms with Gasteiger partial charge < -0.3 is 10.1 Å². The van der Waals surface area contributed by atoms with Crippen molar-refractivity contribution in [2.24, 2.45) is 0 Å². The smallest absolute Gasteiger partial charge is 0.310 e. The molecule has 0 aliphatic rings. The fourth-order valence-corrected chi connectivity index (χ4v) is 3.06. The van der Waals surface area contributed by atoms with E-state index >= 15 is 0 Å². The molecular formula is C15H15ClF2N4O4S. The molecule has 1 aromatic carbocycles. The maximum absolute atomic E-state index is 14.4. The van der Waals surface area contributed by atoms with Gasteiger partial charge in [-0.15, -0.1) is 0 Å². The summed E-state index contributed by atoms with van der Waals surface area (Å²) in [7, 11) is -0.465. The number of anilines is 2. The Morgan fingerprint density at radius 3 is 2.41 bits per heavy atom. The SMILES string of the molecule is CNc1ncc(Oc2cc(F)c(N(C=O)S(=O)(=O)N(C)C)cc2F)cc1Cl. The number of nitrogens with zero attached hydrogens (tertiary/aromatic N) is 3. The predicted molar refractivity (Wildman–Crippen MR) is 96.4 cm³/mol. The molecule has 2 rings (SSSR count). The molecule has 1 aromatic heterocycles. The van der Waals surface area contributed by atoms with Crippen LogP contribution in [0.15, 0.2) is 24.4 Å². The molecule has 0 spiro atoms. The summed E-state index contributed by atoms with van der Waals surface area (Å²) < 4.78 is 58.8. The third-order valence-electron chi connectivity index (χ3n) is 3.33. The highest BCUT2D eigenvalue weighted by Crippen LogP contribution is 2.33. The van der Waals surface area contributed by atoms with Gasteiger partial charge >= 0.3 is 10.2 Å². The Balaban J connectivity index is 2.42. The zero-order valence-electron chi connectivity index (χ0n) is 14.4. The molecule has 0 unspecified atom stereocenters. The second-order valence-electron chi connectivity index (χ2n) is 5.28. The van der Waals surface area contributed by atoms with Crippen molar-refractivity contribution in [1.82, 2.24) is 9.29 Å². The number of carbonyl (C=O) groups excluding carboxylic acids is 1. The lowest BCUT2D eigenvalue weighted by Crippen LogP contribution is -2.39. The second-order valence-corrected chi connectivity index (χ2v) is 7.71. The Hall–Kier alpha value is -2.50. The number of carbonyl (C=O) groups is 1. The highest BCUT2D eigenvalue weighted by molar-refractivity contribution is 7.91. The fourth-order valence-electron chi connectivity index (χ4n) is 1.96. The molecule has 0 atom stereocenters. The van der Waals surface area contributed by atoms with Gasteiger partial charge in [0.2, 0.25) is 6.41 Å². The number of amides is 1. The summed E-state index contributed by atoms with van der Waals surface area (Å²) in [5.41, 5.74) is -0.787. The van der Waals surface area contributed by atoms with Crippen molar-refractivity contribution in [2.45, 2.75) is 0 Å². The van der Waals surface area contributed by atoms with Crippen LogP contribution in [0.4, 0.5) is 20.3 Å². The van der Waals surface area contributed by atoms with Crippen molar-refractivity contribution >= 4 is 39.7 Å². The van der Waals surface area contributed by atoms with E-state index in [0.717, 1.165) is 14.1 Å². The van der Waals surface area contributed by atoms with Crippen LogP contribution in [0, 0.1) is 11.6 Å². The van der Waals surface area contributed by atoms with Crippen LogP contribution in [0.25, 0.3) is 0 Å². The Labute approximate surface area is 159 Å². The first-order chi connectivity index (χ1) is 12.6. The van der Waals surface area contributed by atoms with Crippen LogP contribution in [0.2, 0.25) is 5.02 Å². The van der Waals surface area contributed by atoms with E-state index in [4.69, 9.17) is 16.3 Å². The fraction of sp³-hybridized carbons (Fsp3) is 0.200. The number of halogens is 3. The van der Waals surface area contributed by atoms with Crippen molar-refractivity contribution < 1.29 is 26.7 Å². The first kappa shape index (κ1) is 20.8. The maximum atomic E-state index is 14.4. The zero-order chi connectivity index (χ0) is 20.4. The maximum Gasteiger partial charge on any atom is 0.310 e. The van der Waals surface area contributed by atoms with E-state index < -0.39 is 33.3 Å². The molecule has 8 nitrogen and oxygen atoms in total. The predicted octanol–water partition coefficient (Wildman–Crippen LogP) is 2.62. The van der Waals surface area contributed by atoms with Gasteiger partial charge in [0, 0.05) is 39.3 Å². The number of nitrogens with one attached hydrogen (secondary N) is 1. The van der Waals surface area contributed by atoms with Crippen LogP contribution in [0.5, 0.6) is 11.5 Å². The molecule has 1 heterocycles. The van der Waals surface area contributed by atoms with Gasteiger partial charge in [0.05, 0.1) is 16.9 Å². The molecule has 0 radical (unpaired) electrons. The van der Waals surface area contributed by atoms with Crippen LogP contribution in [0.3, 0.4) is 0 Å². The zero-order valence-corrected chi connectivity index (χ0v) is 16.0. The van der Waals surface area contributed by atoms with Crippen molar-refractivity contribution in [2.75, 3.05) is 30.8 Å². The van der Waals surface area contributed by atoms with Crippen LogP contribution in [-0.2, 0) is 15.0 Å². The minimum absolute atomic E-state index is 0.0261. The van der Waals surface area contributed by atoms with E-state index in [2.05, 4.69) is 10.3 Å². The highest BCUT2D eigenvalue weighted by atomic mass is 35.5. The second kappa shape index (κ2) is 8.03. The minimum atomic E-state index is -4.35. The van der Waals surface area contributed by atoms with E-state index in [-0.39, 0.29) is 21.5 Å². The Kier molecular flexibility index (Phi) is 6.19. The van der Waals surface area contributed by atoms with Crippen molar-refractivity contribution in [3.8, 4) is 11.5 Å². The van der Waals surface area contributed by atoms with Gasteiger partial charge in [-0.2, -0.15) is 17.0 Å². The Morgan fingerprint density at radius 1 is 1.22 bits per heavy atom. The van der Waals surface area contributed by atoms with E-state index in [1.54, 1.807) is 7.05 Å². The monoisotopic (exact) mass is 420 g/mol. The highest BCUT2D eigenvalue weighted by Gasteiger charge is 2.28. The summed E-state index contributed by atoms with van der Waals surface area (Å²) in [6.45, 7) is 0. The van der Waals surface area contributed by atoms with Crippen LogP contribution < -0.4 is 14.4 Å². The average Bonchev–Trinajstić information content (AvgIpc) is 2.59. The molecule has 0 bridgehead atoms. The van der Waals surface area contributed by atoms with Crippen molar-refractivity contribution in [3.63, 3.8) is 0 Å². The first-order valence-corrected chi connectivity index (χ1v) is 9.06. The van der Waals surface area contributed by atoms with Crippen LogP contribution >= 0.6 is 11.6 Å². The largest absolute Gasteiger partial charge is 0.452 e. The molecule has 0 saturated heterocycles. The number of hydrogen-bond acceptors (Lipinski definition) is 6. The number of hydrogen-bond donors (Lipinski definition) is 1. The number of pyridine rings is 1. The molecular weight excluding hydrogens is 406 g/mol. The molecule has 2 aromatic rings. The van der Waals surface area contributed by atoms with Gasteiger partial charge in [-0.1, -0.05) is 11.6 Å². The van der Waals surface area contributed by atoms with E-state index in [0.29, 0.717) is 22.3 Å². The van der Waals surface area contributed by atoms with E-state index in [1.165, 1.54) is 12.3 Å². The van der Waals surface area contributed by atoms with Crippen molar-refractivity contribution in [3.05, 3.63) is 41.1 Å². The van der Waals surface area contributed by atoms with E-state index in [1.807, 2.05) is 0 Å². The third kappa shape index (κ3) is 4.26. The quantitative estimate of drug-likeness (QED) is 0.692. The lowest BCUT2D eigenvalue weighted by Gasteiger charge is -2.22. The summed E-state index contributed by atoms with van der Waals surface area (Å²) in [4.78, 5) is 15.1. The molecule has 1 amide bonds. The lowest BCUT2D eigenvalue weighted by molar-refractivity contribution is -0.106. The normalized spacial score (nSPS) is 11.4. The Bertz CT molecular complexity index is 973. The number of rotatable bonds is 7. The minimum Gasteiger partial charge on any atom is -0.452 e. The van der Waals surface area contributed by atoms with Gasteiger partial charge in [-0.05, 0) is 0 Å². The van der Waals surface area contributed by atoms with Gasteiger partial charge in [-0.3, -0.25) is 4.79 Å². The number of benzene rings is 1. The summed E-state index contributed by atoms with van der Waals surface area (Å²) in [5.74, 6) is -2.44. The molecule has 0 aliphatic heterocycles. The average molecular weight is 421 g/mol. The molecule has 12 heteroatoms. The third-order valence-corrected chi connectivity index (χ3v) is 5.32. The number of aromatic nitrogens is 1. The van der Waals surface area contributed by atoms with Crippen LogP contribution in [-0.4, -0.2) is 45.3 Å². The van der Waals surface area contributed by atoms with E-state index in [9.17, 15) is 22.0 Å². The molecule has 0 fully saturated rings. The van der Waals surface area contributed by atoms with Gasteiger partial charge in [0.25, 0.3) is 0 Å². The summed E-state index contributed by atoms with van der Waals surface area (Å²) in [6, 6.07) is 2.49. The molecule has 27 heavy (non-hydrogen) atoms. The van der Waals surface area contributed by atoms with Gasteiger partial charge in [-0.25, -0.2) is 13.8 Å². The standard InChI is InChI=1S/C15H15ClF2N4O4S/c1-19-15-10(16)4-9(7-20-15)26-14-6-11(17)13(5-12(14)18)22(8-23)27(24,25)21(2)3/h4-8H,1-3H3,(H,19,20). The number of ether oxygens (including phenoxy) is 1. The molecule has 0 aliphatic carbocycles. The Morgan fingerprint density at radius 2 is 1.89 bits per heavy atom. The van der Waals surface area contributed by atoms with Crippen molar-refractivity contribution in [1.29, 1.82) is 0 Å². The van der Waals surface area contributed by atoms with Gasteiger partial charge in [0.15, 0.2) is 17.4 Å². The van der Waals surface area contributed by atoms with Gasteiger partial charge in [0.1, 0.15) is 11.6 Å². The summed E-state index contributed by atoms with van der Waals surface area (Å²) >= 11 is 5.94. The van der Waals surface area contributed by atoms with Crippen LogP contribution in [0.1, 0.15) is 0 Å². The molecule has 0 saturated carbocycles. The summed E-state index contributed by atoms with van der Waals surface area (Å²) in [6.07, 6.45) is 1.10.